The molecule has 8 heteroatoms. The molecule has 0 atom stereocenters. The van der Waals surface area contributed by atoms with E-state index in [0.717, 1.165) is 0 Å². The van der Waals surface area contributed by atoms with Gasteiger partial charge in [0.2, 0.25) is 15.9 Å². The van der Waals surface area contributed by atoms with E-state index in [1.807, 2.05) is 0 Å². The molecule has 1 rings (SSSR count). The predicted molar refractivity (Wildman–Crippen MR) is 76.9 cm³/mol. The maximum Gasteiger partial charge on any atom is 0.240 e. The maximum atomic E-state index is 12.1. The Balaban J connectivity index is 2.86. The van der Waals surface area contributed by atoms with Gasteiger partial charge < -0.3 is 11.5 Å². The summed E-state index contributed by atoms with van der Waals surface area (Å²) in [6.45, 7) is 1.79. The summed E-state index contributed by atoms with van der Waals surface area (Å²) < 4.78 is 27.2. The molecule has 0 bridgehead atoms. The number of sulfonamides is 1. The summed E-state index contributed by atoms with van der Waals surface area (Å²) in [5, 5.41) is 0. The third-order valence-corrected chi connectivity index (χ3v) is 4.59. The van der Waals surface area contributed by atoms with Crippen LogP contribution in [-0.4, -0.2) is 20.9 Å². The molecule has 1 amide bonds. The fourth-order valence-electron chi connectivity index (χ4n) is 1.50. The number of carbonyl (C=O) groups excluding carboxylic acids is 1. The average Bonchev–Trinajstić information content (AvgIpc) is 2.29. The number of hydrogen-bond acceptors (Lipinski definition) is 4. The van der Waals surface area contributed by atoms with Crippen molar-refractivity contribution in [1.29, 1.82) is 0 Å². The topological polar surface area (TPSA) is 115 Å². The predicted octanol–water partition coefficient (Wildman–Crippen LogP) is 0.884. The van der Waals surface area contributed by atoms with Crippen molar-refractivity contribution in [1.82, 2.24) is 4.72 Å². The zero-order valence-corrected chi connectivity index (χ0v) is 12.8. The molecule has 6 nitrogen and oxygen atoms in total. The second kappa shape index (κ2) is 6.36. The second-order valence-corrected chi connectivity index (χ2v) is 6.74. The van der Waals surface area contributed by atoms with Crippen molar-refractivity contribution in [2.24, 2.45) is 5.73 Å². The lowest BCUT2D eigenvalue weighted by Crippen LogP contribution is -2.26. The Labute approximate surface area is 120 Å². The van der Waals surface area contributed by atoms with Crippen LogP contribution in [0.4, 0.5) is 5.69 Å². The minimum absolute atomic E-state index is 0.124. The van der Waals surface area contributed by atoms with E-state index in [-0.39, 0.29) is 17.9 Å². The van der Waals surface area contributed by atoms with Crippen molar-refractivity contribution in [3.05, 3.63) is 22.2 Å². The van der Waals surface area contributed by atoms with Crippen molar-refractivity contribution in [3.8, 4) is 0 Å². The Kier molecular flexibility index (Phi) is 5.33. The number of nitrogen functional groups attached to an aromatic ring is 1. The number of amides is 1. The molecule has 0 radical (unpaired) electrons. The van der Waals surface area contributed by atoms with Crippen LogP contribution in [0.25, 0.3) is 0 Å². The van der Waals surface area contributed by atoms with Crippen LogP contribution in [0.5, 0.6) is 0 Å². The van der Waals surface area contributed by atoms with Crippen LogP contribution in [0.15, 0.2) is 21.5 Å². The summed E-state index contributed by atoms with van der Waals surface area (Å²) in [7, 11) is -3.65. The van der Waals surface area contributed by atoms with Gasteiger partial charge in [0.05, 0.1) is 4.90 Å². The molecule has 0 aliphatic heterocycles. The first-order valence-corrected chi connectivity index (χ1v) is 7.85. The van der Waals surface area contributed by atoms with Crippen molar-refractivity contribution in [2.75, 3.05) is 12.3 Å². The van der Waals surface area contributed by atoms with Gasteiger partial charge in [0.25, 0.3) is 0 Å². The Hall–Kier alpha value is -1.12. The molecule has 0 saturated carbocycles. The Morgan fingerprint density at radius 3 is 2.63 bits per heavy atom. The van der Waals surface area contributed by atoms with Crippen molar-refractivity contribution in [2.45, 2.75) is 24.7 Å². The smallest absolute Gasteiger partial charge is 0.240 e. The summed E-state index contributed by atoms with van der Waals surface area (Å²) in [5.74, 6) is -0.456. The number of rotatable bonds is 6. The Bertz CT molecular complexity index is 587. The second-order valence-electron chi connectivity index (χ2n) is 4.09. The Morgan fingerprint density at radius 1 is 1.42 bits per heavy atom. The molecule has 19 heavy (non-hydrogen) atoms. The van der Waals surface area contributed by atoms with Gasteiger partial charge in [-0.05, 0) is 31.0 Å². The van der Waals surface area contributed by atoms with E-state index in [9.17, 15) is 13.2 Å². The summed E-state index contributed by atoms with van der Waals surface area (Å²) in [6, 6.07) is 3.13. The molecule has 5 N–H and O–H groups in total. The molecule has 1 aromatic carbocycles. The number of hydrogen-bond donors (Lipinski definition) is 3. The van der Waals surface area contributed by atoms with Gasteiger partial charge in [-0.1, -0.05) is 15.9 Å². The van der Waals surface area contributed by atoms with E-state index in [1.165, 1.54) is 6.07 Å². The largest absolute Gasteiger partial charge is 0.398 e. The minimum Gasteiger partial charge on any atom is -0.398 e. The molecule has 0 fully saturated rings. The van der Waals surface area contributed by atoms with Gasteiger partial charge in [-0.3, -0.25) is 4.79 Å². The number of halogens is 1. The van der Waals surface area contributed by atoms with Crippen molar-refractivity contribution < 1.29 is 13.2 Å². The fraction of sp³-hybridized carbons (Fsp3) is 0.364. The van der Waals surface area contributed by atoms with E-state index in [2.05, 4.69) is 20.7 Å². The van der Waals surface area contributed by atoms with Crippen LogP contribution in [0.1, 0.15) is 18.4 Å². The van der Waals surface area contributed by atoms with E-state index in [0.29, 0.717) is 22.1 Å². The number of anilines is 1. The lowest BCUT2D eigenvalue weighted by molar-refractivity contribution is -0.118. The van der Waals surface area contributed by atoms with Crippen LogP contribution >= 0.6 is 15.9 Å². The fourth-order valence-corrected chi connectivity index (χ4v) is 3.50. The molecule has 0 aromatic heterocycles. The van der Waals surface area contributed by atoms with Gasteiger partial charge in [-0.25, -0.2) is 13.1 Å². The van der Waals surface area contributed by atoms with Crippen LogP contribution in [0, 0.1) is 6.92 Å². The van der Waals surface area contributed by atoms with E-state index in [4.69, 9.17) is 11.5 Å². The van der Waals surface area contributed by atoms with E-state index < -0.39 is 15.9 Å². The van der Waals surface area contributed by atoms with Crippen LogP contribution in [-0.2, 0) is 14.8 Å². The molecule has 1 aromatic rings. The molecule has 0 heterocycles. The summed E-state index contributed by atoms with van der Waals surface area (Å²) in [4.78, 5) is 10.7. The number of benzene rings is 1. The molecule has 0 saturated heterocycles. The Morgan fingerprint density at radius 2 is 2.05 bits per heavy atom. The molecule has 0 spiro atoms. The highest BCUT2D eigenvalue weighted by Gasteiger charge is 2.18. The van der Waals surface area contributed by atoms with Gasteiger partial charge in [0.15, 0.2) is 0 Å². The number of carbonyl (C=O) groups is 1. The highest BCUT2D eigenvalue weighted by Crippen LogP contribution is 2.26. The SMILES string of the molecule is Cc1c(N)cc(Br)cc1S(=O)(=O)NCCCC(N)=O. The number of primary amides is 1. The third kappa shape index (κ3) is 4.48. The first kappa shape index (κ1) is 15.9. The van der Waals surface area contributed by atoms with Gasteiger partial charge >= 0.3 is 0 Å². The summed E-state index contributed by atoms with van der Waals surface area (Å²) >= 11 is 3.21. The highest BCUT2D eigenvalue weighted by atomic mass is 79.9. The van der Waals surface area contributed by atoms with Crippen molar-refractivity contribution >= 4 is 37.5 Å². The summed E-state index contributed by atoms with van der Waals surface area (Å²) in [6.07, 6.45) is 0.499. The molecule has 0 aliphatic carbocycles. The van der Waals surface area contributed by atoms with E-state index >= 15 is 0 Å². The molecule has 106 valence electrons. The molecule has 0 unspecified atom stereocenters. The molecular formula is C11H16BrN3O3S. The van der Waals surface area contributed by atoms with Crippen LogP contribution in [0.3, 0.4) is 0 Å². The minimum atomic E-state index is -3.65. The van der Waals surface area contributed by atoms with Gasteiger partial charge in [0, 0.05) is 23.1 Å². The first-order chi connectivity index (χ1) is 8.74. The quantitative estimate of drug-likeness (QED) is 0.522. The van der Waals surface area contributed by atoms with Gasteiger partial charge in [-0.15, -0.1) is 0 Å². The van der Waals surface area contributed by atoms with Gasteiger partial charge in [0.1, 0.15) is 0 Å². The lowest BCUT2D eigenvalue weighted by Gasteiger charge is -2.11. The number of nitrogens with two attached hydrogens (primary N) is 2. The zero-order chi connectivity index (χ0) is 14.6. The standard InChI is InChI=1S/C11H16BrN3O3S/c1-7-9(13)5-8(12)6-10(7)19(17,18)15-4-2-3-11(14)16/h5-6,15H,2-4,13H2,1H3,(H2,14,16). The zero-order valence-electron chi connectivity index (χ0n) is 10.4. The maximum absolute atomic E-state index is 12.1. The monoisotopic (exact) mass is 349 g/mol. The van der Waals surface area contributed by atoms with E-state index in [1.54, 1.807) is 13.0 Å². The number of nitrogens with one attached hydrogen (secondary N) is 1. The first-order valence-electron chi connectivity index (χ1n) is 5.57. The lowest BCUT2D eigenvalue weighted by atomic mass is 10.2. The summed E-state index contributed by atoms with van der Waals surface area (Å²) in [5.41, 5.74) is 11.6. The molecule has 0 aliphatic rings. The van der Waals surface area contributed by atoms with Crippen LogP contribution < -0.4 is 16.2 Å². The normalized spacial score (nSPS) is 11.5. The van der Waals surface area contributed by atoms with Crippen molar-refractivity contribution in [3.63, 3.8) is 0 Å². The average molecular weight is 350 g/mol. The third-order valence-electron chi connectivity index (χ3n) is 2.55. The van der Waals surface area contributed by atoms with Gasteiger partial charge in [-0.2, -0.15) is 0 Å². The highest BCUT2D eigenvalue weighted by molar-refractivity contribution is 9.10. The molecular weight excluding hydrogens is 334 g/mol. The van der Waals surface area contributed by atoms with Crippen LogP contribution in [0.2, 0.25) is 0 Å².